The average Bonchev–Trinajstić information content (AvgIpc) is 3.28. The molecule has 0 heterocycles. The number of benzene rings is 3. The molecular formula is C67H117Cl3N2. The van der Waals surface area contributed by atoms with Gasteiger partial charge in [0.25, 0.3) is 0 Å². The standard InChI is InChI=1S/3C10H13Cl.C9H17N.C8H18.C7H13N.C7H16.C6H14/c1-8(2)7-9-3-5-10(11)6-4-9;1-8(2)6-9-4-3-5-10(11)7-9;1-8(2)7-9-5-3-4-6-10(9)11;1-7(2)9(5,6-10)8(3)4;1-6-8(4,5)7(2)3;1-6(2)7(3,4)5-8;1-5-7(4)6(2)3;1-5(2)6(3)4/h3-6,8H,7H2,1-2H3;3-5,7-8H,6H2,1-2H3;3-6,8H,7H2,1-2H3;7-8H,1-5H3;7H,6H2,1-5H3;6H,1-4H3;6-7H,5H2,1-4H3;5-6H,1-4H3. The van der Waals surface area contributed by atoms with Gasteiger partial charge in [-0.25, -0.2) is 0 Å². The minimum Gasteiger partial charge on any atom is -0.198 e. The molecule has 0 spiro atoms. The first kappa shape index (κ1) is 78.4. The summed E-state index contributed by atoms with van der Waals surface area (Å²) in [7, 11) is 0. The van der Waals surface area contributed by atoms with Crippen molar-refractivity contribution in [2.45, 2.75) is 226 Å². The van der Waals surface area contributed by atoms with Crippen LogP contribution in [0.1, 0.15) is 223 Å². The summed E-state index contributed by atoms with van der Waals surface area (Å²) in [5.74, 6) is 7.72. The summed E-state index contributed by atoms with van der Waals surface area (Å²) in [6, 6.07) is 28.8. The first-order chi connectivity index (χ1) is 32.8. The van der Waals surface area contributed by atoms with Crippen LogP contribution in [0.25, 0.3) is 0 Å². The highest BCUT2D eigenvalue weighted by Crippen LogP contribution is 2.34. The monoisotopic (exact) mass is 1050 g/mol. The molecule has 3 aromatic rings. The topological polar surface area (TPSA) is 47.6 Å². The summed E-state index contributed by atoms with van der Waals surface area (Å²) in [5, 5.41) is 19.9. The fourth-order valence-electron chi connectivity index (χ4n) is 5.26. The molecule has 0 N–H and O–H groups in total. The third kappa shape index (κ3) is 42.8. The molecule has 2 nitrogen and oxygen atoms in total. The van der Waals surface area contributed by atoms with Gasteiger partial charge in [0.1, 0.15) is 0 Å². The molecule has 0 aliphatic rings. The zero-order valence-electron chi connectivity index (χ0n) is 52.3. The average molecular weight is 1060 g/mol. The Balaban J connectivity index is -0.000000240. The third-order valence-corrected chi connectivity index (χ3v) is 15.5. The number of rotatable bonds is 14. The minimum atomic E-state index is -0.153. The summed E-state index contributed by atoms with van der Waals surface area (Å²) < 4.78 is 0. The summed E-state index contributed by atoms with van der Waals surface area (Å²) in [5.41, 5.74) is 4.18. The van der Waals surface area contributed by atoms with Crippen LogP contribution in [0.15, 0.2) is 72.8 Å². The fraction of sp³-hybridized carbons (Fsp3) is 0.701. The van der Waals surface area contributed by atoms with Gasteiger partial charge in [-0.1, -0.05) is 263 Å². The fourth-order valence-corrected chi connectivity index (χ4v) is 5.82. The molecule has 416 valence electrons. The number of hydrogen-bond acceptors (Lipinski definition) is 2. The second-order valence-electron chi connectivity index (χ2n) is 24.9. The molecule has 0 saturated heterocycles. The van der Waals surface area contributed by atoms with E-state index < -0.39 is 0 Å². The van der Waals surface area contributed by atoms with Crippen LogP contribution < -0.4 is 0 Å². The summed E-state index contributed by atoms with van der Waals surface area (Å²) in [6.45, 7) is 61.2. The second kappa shape index (κ2) is 42.7. The van der Waals surface area contributed by atoms with E-state index in [1.165, 1.54) is 29.5 Å². The predicted octanol–water partition coefficient (Wildman–Crippen LogP) is 23.7. The van der Waals surface area contributed by atoms with Gasteiger partial charge in [-0.15, -0.1) is 0 Å². The molecular weight excluding hydrogens is 939 g/mol. The molecule has 72 heavy (non-hydrogen) atoms. The van der Waals surface area contributed by atoms with Gasteiger partial charge in [-0.05, 0) is 158 Å². The number of nitrogens with zero attached hydrogens (tertiary/aromatic N) is 2. The Morgan fingerprint density at radius 1 is 0.444 bits per heavy atom. The first-order valence-electron chi connectivity index (χ1n) is 27.9. The summed E-state index contributed by atoms with van der Waals surface area (Å²) in [4.78, 5) is 0. The lowest BCUT2D eigenvalue weighted by Crippen LogP contribution is -2.27. The highest BCUT2D eigenvalue weighted by atomic mass is 35.5. The Labute approximate surface area is 466 Å². The normalized spacial score (nSPS) is 11.6. The van der Waals surface area contributed by atoms with Crippen LogP contribution in [0.2, 0.25) is 15.1 Å². The molecule has 5 heteroatoms. The van der Waals surface area contributed by atoms with Gasteiger partial charge in [0, 0.05) is 15.1 Å². The largest absolute Gasteiger partial charge is 0.198 e. The van der Waals surface area contributed by atoms with Crippen molar-refractivity contribution in [1.29, 1.82) is 10.5 Å². The molecule has 0 aromatic heterocycles. The summed E-state index contributed by atoms with van der Waals surface area (Å²) >= 11 is 17.5. The molecule has 0 radical (unpaired) electrons. The lowest BCUT2D eigenvalue weighted by Gasteiger charge is -2.29. The van der Waals surface area contributed by atoms with E-state index in [9.17, 15) is 0 Å². The Morgan fingerprint density at radius 3 is 1.11 bits per heavy atom. The molecule has 0 bridgehead atoms. The Bertz CT molecular complexity index is 1780. The number of hydrogen-bond donors (Lipinski definition) is 0. The summed E-state index contributed by atoms with van der Waals surface area (Å²) in [6.07, 6.45) is 5.92. The Morgan fingerprint density at radius 2 is 0.875 bits per heavy atom. The van der Waals surface area contributed by atoms with Crippen LogP contribution in [0, 0.1) is 104 Å². The zero-order valence-corrected chi connectivity index (χ0v) is 54.6. The smallest absolute Gasteiger partial charge is 0.0692 e. The van der Waals surface area contributed by atoms with E-state index in [-0.39, 0.29) is 10.8 Å². The van der Waals surface area contributed by atoms with E-state index in [2.05, 4.69) is 209 Å². The molecule has 3 rings (SSSR count). The van der Waals surface area contributed by atoms with Crippen molar-refractivity contribution >= 4 is 34.8 Å². The number of halogens is 3. The van der Waals surface area contributed by atoms with Crippen LogP contribution in [0.3, 0.4) is 0 Å². The SMILES string of the molecule is CC(C)C(C)(C#N)C(C)C.CC(C)C(C)(C)C#N.CC(C)C(C)C.CC(C)Cc1ccc(Cl)cc1.CC(C)Cc1cccc(Cl)c1.CC(C)Cc1ccccc1Cl.CCC(C)(C)C(C)C.CCC(C)C(C)C. The van der Waals surface area contributed by atoms with Crippen LogP contribution in [0.5, 0.6) is 0 Å². The van der Waals surface area contributed by atoms with Crippen molar-refractivity contribution in [3.8, 4) is 12.1 Å². The molecule has 0 fully saturated rings. The quantitative estimate of drug-likeness (QED) is 0.162. The molecule has 3 aromatic carbocycles. The van der Waals surface area contributed by atoms with Gasteiger partial charge < -0.3 is 0 Å². The van der Waals surface area contributed by atoms with Gasteiger partial charge >= 0.3 is 0 Å². The van der Waals surface area contributed by atoms with Gasteiger partial charge in [-0.2, -0.15) is 10.5 Å². The first-order valence-corrected chi connectivity index (χ1v) is 29.0. The Hall–Kier alpha value is -2.49. The van der Waals surface area contributed by atoms with Crippen molar-refractivity contribution in [3.63, 3.8) is 0 Å². The predicted molar refractivity (Wildman–Crippen MR) is 330 cm³/mol. The van der Waals surface area contributed by atoms with Crippen LogP contribution in [-0.4, -0.2) is 0 Å². The second-order valence-corrected chi connectivity index (χ2v) is 26.2. The maximum absolute atomic E-state index is 8.88. The van der Waals surface area contributed by atoms with E-state index in [4.69, 9.17) is 45.3 Å². The van der Waals surface area contributed by atoms with E-state index in [0.717, 1.165) is 69.8 Å². The van der Waals surface area contributed by atoms with Crippen molar-refractivity contribution in [1.82, 2.24) is 0 Å². The molecule has 0 amide bonds. The molecule has 1 atom stereocenters. The minimum absolute atomic E-state index is 0.153. The molecule has 0 saturated carbocycles. The number of nitriles is 2. The lowest BCUT2D eigenvalue weighted by molar-refractivity contribution is 0.217. The maximum Gasteiger partial charge on any atom is 0.0692 e. The highest BCUT2D eigenvalue weighted by Gasteiger charge is 2.31. The van der Waals surface area contributed by atoms with E-state index in [0.29, 0.717) is 35.0 Å². The highest BCUT2D eigenvalue weighted by molar-refractivity contribution is 6.31. The van der Waals surface area contributed by atoms with Gasteiger partial charge in [0.2, 0.25) is 0 Å². The maximum atomic E-state index is 8.88. The van der Waals surface area contributed by atoms with Crippen LogP contribution >= 0.6 is 34.8 Å². The van der Waals surface area contributed by atoms with Gasteiger partial charge in [0.05, 0.1) is 23.0 Å². The molecule has 0 aliphatic heterocycles. The lowest BCUT2D eigenvalue weighted by atomic mass is 9.72. The molecule has 0 aliphatic carbocycles. The third-order valence-electron chi connectivity index (χ3n) is 14.6. The van der Waals surface area contributed by atoms with Gasteiger partial charge in [-0.3, -0.25) is 0 Å². The van der Waals surface area contributed by atoms with Crippen LogP contribution in [0.4, 0.5) is 0 Å². The van der Waals surface area contributed by atoms with Crippen molar-refractivity contribution in [2.24, 2.45) is 81.3 Å². The van der Waals surface area contributed by atoms with Crippen molar-refractivity contribution in [2.75, 3.05) is 0 Å². The van der Waals surface area contributed by atoms with Crippen LogP contribution in [-0.2, 0) is 19.3 Å². The van der Waals surface area contributed by atoms with Crippen molar-refractivity contribution in [3.05, 3.63) is 105 Å². The van der Waals surface area contributed by atoms with E-state index in [1.807, 2.05) is 69.3 Å². The van der Waals surface area contributed by atoms with E-state index >= 15 is 0 Å². The van der Waals surface area contributed by atoms with Crippen molar-refractivity contribution < 1.29 is 0 Å². The molecule has 1 unspecified atom stereocenters. The van der Waals surface area contributed by atoms with E-state index in [1.54, 1.807) is 0 Å². The Kier molecular flexibility index (Phi) is 46.5. The zero-order chi connectivity index (χ0) is 57.7. The van der Waals surface area contributed by atoms with Gasteiger partial charge in [0.15, 0.2) is 0 Å².